The van der Waals surface area contributed by atoms with Gasteiger partial charge in [-0.15, -0.1) is 0 Å². The van der Waals surface area contributed by atoms with Crippen LogP contribution in [0.4, 0.5) is 17.5 Å². The van der Waals surface area contributed by atoms with E-state index in [0.29, 0.717) is 44.4 Å². The highest BCUT2D eigenvalue weighted by Gasteiger charge is 2.28. The average molecular weight is 486 g/mol. The number of nitrogens with zero attached hydrogens (tertiary/aromatic N) is 5. The van der Waals surface area contributed by atoms with Gasteiger partial charge in [0.1, 0.15) is 6.20 Å². The van der Waals surface area contributed by atoms with Crippen molar-refractivity contribution in [3.8, 4) is 11.1 Å². The molecule has 0 unspecified atom stereocenters. The minimum Gasteiger partial charge on any atom is -0.350 e. The van der Waals surface area contributed by atoms with E-state index in [2.05, 4.69) is 56.4 Å². The molecule has 0 atom stereocenters. The third kappa shape index (κ3) is 4.76. The van der Waals surface area contributed by atoms with E-state index in [1.54, 1.807) is 6.33 Å². The lowest BCUT2D eigenvalue weighted by molar-refractivity contribution is -0.729. The molecule has 5 rings (SSSR count). The number of aromatic amines is 1. The van der Waals surface area contributed by atoms with Crippen molar-refractivity contribution >= 4 is 17.5 Å². The van der Waals surface area contributed by atoms with E-state index in [9.17, 15) is 10.1 Å². The summed E-state index contributed by atoms with van der Waals surface area (Å²) in [5, 5.41) is 13.0. The Morgan fingerprint density at radius 3 is 2.83 bits per heavy atom. The number of fused-ring (bicyclic) bond motifs is 1. The molecule has 2 aromatic carbocycles. The van der Waals surface area contributed by atoms with E-state index in [1.807, 2.05) is 23.1 Å². The lowest BCUT2D eigenvalue weighted by atomic mass is 9.95. The van der Waals surface area contributed by atoms with Crippen LogP contribution >= 0.6 is 0 Å². The van der Waals surface area contributed by atoms with Crippen LogP contribution in [-0.4, -0.2) is 43.2 Å². The number of hydrogen-bond acceptors (Lipinski definition) is 7. The Balaban J connectivity index is 1.37. The first kappa shape index (κ1) is 23.4. The van der Waals surface area contributed by atoms with Gasteiger partial charge in [-0.25, -0.2) is 15.2 Å². The average Bonchev–Trinajstić information content (AvgIpc) is 3.25. The summed E-state index contributed by atoms with van der Waals surface area (Å²) in [6.07, 6.45) is 4.51. The number of rotatable bonds is 7. The molecular formula is C26H29N8O2+. The fourth-order valence-corrected chi connectivity index (χ4v) is 4.64. The van der Waals surface area contributed by atoms with E-state index < -0.39 is 0 Å². The van der Waals surface area contributed by atoms with Crippen molar-refractivity contribution in [2.24, 2.45) is 5.73 Å². The van der Waals surface area contributed by atoms with Crippen molar-refractivity contribution in [3.05, 3.63) is 88.0 Å². The summed E-state index contributed by atoms with van der Waals surface area (Å²) in [6, 6.07) is 14.4. The fourth-order valence-electron chi connectivity index (χ4n) is 4.64. The number of H-pyrrole nitrogens is 1. The summed E-state index contributed by atoms with van der Waals surface area (Å²) in [4.78, 5) is 30.1. The Bertz CT molecular complexity index is 1380. The maximum absolute atomic E-state index is 11.8. The number of hydrogen-bond donors (Lipinski definition) is 4. The number of anilines is 2. The van der Waals surface area contributed by atoms with Crippen molar-refractivity contribution in [1.82, 2.24) is 19.9 Å². The van der Waals surface area contributed by atoms with E-state index in [4.69, 9.17) is 5.73 Å². The predicted molar refractivity (Wildman–Crippen MR) is 137 cm³/mol. The molecule has 10 nitrogen and oxygen atoms in total. The second-order valence-corrected chi connectivity index (χ2v) is 8.84. The van der Waals surface area contributed by atoms with Crippen LogP contribution in [0.5, 0.6) is 0 Å². The molecule has 5 N–H and O–H groups in total. The molecule has 4 aromatic rings. The van der Waals surface area contributed by atoms with Crippen LogP contribution in [0.1, 0.15) is 28.1 Å². The Morgan fingerprint density at radius 2 is 2.00 bits per heavy atom. The molecule has 0 saturated heterocycles. The van der Waals surface area contributed by atoms with Crippen LogP contribution in [0, 0.1) is 11.8 Å². The molecule has 0 amide bonds. The Labute approximate surface area is 208 Å². The van der Waals surface area contributed by atoms with E-state index in [1.165, 1.54) is 6.20 Å². The largest absolute Gasteiger partial charge is 0.376 e. The molecular weight excluding hydrogens is 456 g/mol. The van der Waals surface area contributed by atoms with Crippen molar-refractivity contribution < 1.29 is 10.1 Å². The van der Waals surface area contributed by atoms with Crippen LogP contribution < -0.4 is 16.0 Å². The molecule has 3 heterocycles. The topological polar surface area (TPSA) is 136 Å². The molecule has 36 heavy (non-hydrogen) atoms. The second-order valence-electron chi connectivity index (χ2n) is 8.84. The van der Waals surface area contributed by atoms with Gasteiger partial charge >= 0.3 is 5.69 Å². The third-order valence-corrected chi connectivity index (χ3v) is 6.67. The zero-order valence-electron chi connectivity index (χ0n) is 20.1. The smallest absolute Gasteiger partial charge is 0.350 e. The molecule has 184 valence electrons. The SMILES string of the molecule is Cc1c(CNc2ncc([N+](=O)O)c(N3CCc4nc[nH]c4CC3)n2)cccc1-c1cccc(CN)c1. The van der Waals surface area contributed by atoms with Crippen LogP contribution in [-0.2, 0) is 25.9 Å². The number of benzene rings is 2. The molecule has 2 aromatic heterocycles. The quantitative estimate of drug-likeness (QED) is 0.291. The molecule has 0 fully saturated rings. The summed E-state index contributed by atoms with van der Waals surface area (Å²) in [5.41, 5.74) is 13.5. The summed E-state index contributed by atoms with van der Waals surface area (Å²) >= 11 is 0. The summed E-state index contributed by atoms with van der Waals surface area (Å²) in [5.74, 6) is 0.769. The minimum atomic E-state index is -0.176. The van der Waals surface area contributed by atoms with Gasteiger partial charge in [0.15, 0.2) is 0 Å². The van der Waals surface area contributed by atoms with Gasteiger partial charge in [-0.2, -0.15) is 4.98 Å². The van der Waals surface area contributed by atoms with Gasteiger partial charge in [-0.1, -0.05) is 36.4 Å². The fraction of sp³-hybridized carbons (Fsp3) is 0.269. The Morgan fingerprint density at radius 1 is 1.17 bits per heavy atom. The van der Waals surface area contributed by atoms with E-state index in [0.717, 1.165) is 45.6 Å². The molecule has 0 radical (unpaired) electrons. The molecule has 0 saturated carbocycles. The van der Waals surface area contributed by atoms with Gasteiger partial charge in [-0.05, 0) is 40.8 Å². The van der Waals surface area contributed by atoms with Gasteiger partial charge in [0.05, 0.1) is 16.9 Å². The Kier molecular flexibility index (Phi) is 6.59. The zero-order chi connectivity index (χ0) is 25.1. The van der Waals surface area contributed by atoms with Gasteiger partial charge < -0.3 is 20.9 Å². The highest BCUT2D eigenvalue weighted by Crippen LogP contribution is 2.29. The van der Waals surface area contributed by atoms with Crippen molar-refractivity contribution in [3.63, 3.8) is 0 Å². The van der Waals surface area contributed by atoms with Crippen LogP contribution in [0.25, 0.3) is 11.1 Å². The molecule has 0 spiro atoms. The highest BCUT2D eigenvalue weighted by atomic mass is 16.6. The first-order valence-corrected chi connectivity index (χ1v) is 11.9. The lowest BCUT2D eigenvalue weighted by Crippen LogP contribution is -2.28. The van der Waals surface area contributed by atoms with Crippen molar-refractivity contribution in [2.45, 2.75) is 32.9 Å². The molecule has 1 aliphatic rings. The van der Waals surface area contributed by atoms with Gasteiger partial charge in [0.2, 0.25) is 11.8 Å². The molecule has 1 aliphatic heterocycles. The highest BCUT2D eigenvalue weighted by molar-refractivity contribution is 5.69. The monoisotopic (exact) mass is 485 g/mol. The lowest BCUT2D eigenvalue weighted by Gasteiger charge is -2.20. The molecule has 0 aliphatic carbocycles. The van der Waals surface area contributed by atoms with Crippen molar-refractivity contribution in [1.29, 1.82) is 0 Å². The standard InChI is InChI=1S/C26H29N8O2/c1-17-20(6-3-7-21(17)19-5-2-4-18(12-19)13-27)14-28-26-29-15-24(34(35)36)25(32-26)33-10-8-22-23(9-11-33)31-16-30-22/h2-7,12,15-16H,8-11,13-14,27H2,1H3,(H,30,31)(H,35,36)(H,28,29,32)/q+1. The number of nitrogens with one attached hydrogen (secondary N) is 2. The molecule has 10 heteroatoms. The first-order valence-electron chi connectivity index (χ1n) is 11.9. The predicted octanol–water partition coefficient (Wildman–Crippen LogP) is 3.65. The van der Waals surface area contributed by atoms with Gasteiger partial charge in [-0.3, -0.25) is 0 Å². The van der Waals surface area contributed by atoms with Crippen molar-refractivity contribution in [2.75, 3.05) is 23.3 Å². The van der Waals surface area contributed by atoms with Crippen LogP contribution in [0.3, 0.4) is 0 Å². The summed E-state index contributed by atoms with van der Waals surface area (Å²) < 4.78 is 0. The third-order valence-electron chi connectivity index (χ3n) is 6.67. The molecule has 0 bridgehead atoms. The minimum absolute atomic E-state index is 0.0111. The summed E-state index contributed by atoms with van der Waals surface area (Å²) in [6.45, 7) is 4.35. The van der Waals surface area contributed by atoms with E-state index in [-0.39, 0.29) is 10.6 Å². The van der Waals surface area contributed by atoms with Crippen LogP contribution in [0.15, 0.2) is 55.0 Å². The van der Waals surface area contributed by atoms with Gasteiger partial charge in [0.25, 0.3) is 4.92 Å². The Hall–Kier alpha value is -4.31. The van der Waals surface area contributed by atoms with E-state index >= 15 is 0 Å². The zero-order valence-corrected chi connectivity index (χ0v) is 20.1. The number of imidazole rings is 1. The maximum atomic E-state index is 11.8. The summed E-state index contributed by atoms with van der Waals surface area (Å²) in [7, 11) is 0. The number of nitrogens with two attached hydrogens (primary N) is 1. The second kappa shape index (κ2) is 10.1. The normalized spacial score (nSPS) is 13.2. The van der Waals surface area contributed by atoms with Crippen LogP contribution in [0.2, 0.25) is 0 Å². The maximum Gasteiger partial charge on any atom is 0.376 e. The number of aromatic nitrogens is 4. The first-order chi connectivity index (χ1) is 17.5. The van der Waals surface area contributed by atoms with Gasteiger partial charge in [0, 0.05) is 44.7 Å².